The Balaban J connectivity index is 1.43. The van der Waals surface area contributed by atoms with Gasteiger partial charge >= 0.3 is 5.97 Å². The van der Waals surface area contributed by atoms with Crippen LogP contribution in [-0.4, -0.2) is 37.7 Å². The molecule has 0 radical (unpaired) electrons. The summed E-state index contributed by atoms with van der Waals surface area (Å²) in [5.41, 5.74) is 3.66. The molecule has 0 spiro atoms. The molecule has 174 valence electrons. The number of methoxy groups -OCH3 is 1. The zero-order valence-corrected chi connectivity index (χ0v) is 19.2. The summed E-state index contributed by atoms with van der Waals surface area (Å²) in [6, 6.07) is 11.1. The van der Waals surface area contributed by atoms with Crippen molar-refractivity contribution >= 4 is 22.7 Å². The number of hydrogen-bond acceptors (Lipinski definition) is 7. The number of carbonyl (C=O) groups is 1. The van der Waals surface area contributed by atoms with Crippen molar-refractivity contribution in [1.82, 2.24) is 19.5 Å². The van der Waals surface area contributed by atoms with Gasteiger partial charge in [-0.2, -0.15) is 5.26 Å². The number of aromatic hydroxyl groups is 1. The van der Waals surface area contributed by atoms with Crippen LogP contribution in [0.1, 0.15) is 60.5 Å². The normalized spacial score (nSPS) is 18.8. The minimum Gasteiger partial charge on any atom is -0.493 e. The van der Waals surface area contributed by atoms with Crippen LogP contribution in [-0.2, 0) is 17.7 Å². The minimum absolute atomic E-state index is 0.0271. The smallest absolute Gasteiger partial charge is 0.356 e. The van der Waals surface area contributed by atoms with E-state index in [1.54, 1.807) is 12.1 Å². The number of carbonyl (C=O) groups excluding carboxylic acids is 1. The molecule has 1 fully saturated rings. The molecule has 1 unspecified atom stereocenters. The van der Waals surface area contributed by atoms with E-state index in [1.807, 2.05) is 18.2 Å². The standard InChI is InChI=1S/C26H27N5O3/c1-34-25(33)21-10-9-20-24(30-21)31(16-26(11-12-26)13-14-27)22(28-20)15-17-5-7-18(8-6-17)19-3-2-4-23(32)29-19/h2-4,7,9-10,17H,5-6,8,11-13,15-16H2,1H3,(H,29,32). The summed E-state index contributed by atoms with van der Waals surface area (Å²) in [7, 11) is 1.35. The van der Waals surface area contributed by atoms with Crippen molar-refractivity contribution in [2.75, 3.05) is 7.11 Å². The predicted molar refractivity (Wildman–Crippen MR) is 126 cm³/mol. The van der Waals surface area contributed by atoms with E-state index in [4.69, 9.17) is 9.72 Å². The molecule has 0 bridgehead atoms. The highest BCUT2D eigenvalue weighted by molar-refractivity contribution is 5.89. The molecule has 1 atom stereocenters. The molecule has 8 nitrogen and oxygen atoms in total. The molecule has 1 saturated carbocycles. The topological polar surface area (TPSA) is 114 Å². The minimum atomic E-state index is -0.472. The van der Waals surface area contributed by atoms with Crippen molar-refractivity contribution in [1.29, 1.82) is 5.26 Å². The zero-order valence-electron chi connectivity index (χ0n) is 19.2. The summed E-state index contributed by atoms with van der Waals surface area (Å²) in [5, 5.41) is 19.0. The first-order valence-corrected chi connectivity index (χ1v) is 11.7. The number of esters is 1. The third-order valence-electron chi connectivity index (χ3n) is 7.02. The number of imidazole rings is 1. The van der Waals surface area contributed by atoms with Gasteiger partial charge in [-0.25, -0.2) is 19.7 Å². The van der Waals surface area contributed by atoms with Gasteiger partial charge in [-0.1, -0.05) is 12.1 Å². The number of allylic oxidation sites excluding steroid dienone is 2. The fourth-order valence-corrected chi connectivity index (χ4v) is 4.83. The molecule has 1 N–H and O–H groups in total. The van der Waals surface area contributed by atoms with Crippen molar-refractivity contribution in [3.8, 4) is 11.9 Å². The van der Waals surface area contributed by atoms with Gasteiger partial charge in [-0.05, 0) is 61.8 Å². The van der Waals surface area contributed by atoms with Gasteiger partial charge in [0.25, 0.3) is 0 Å². The van der Waals surface area contributed by atoms with Crippen LogP contribution in [0.5, 0.6) is 5.88 Å². The fourth-order valence-electron chi connectivity index (χ4n) is 4.83. The van der Waals surface area contributed by atoms with Gasteiger partial charge in [0.15, 0.2) is 11.3 Å². The first-order valence-electron chi connectivity index (χ1n) is 11.7. The maximum atomic E-state index is 12.1. The van der Waals surface area contributed by atoms with Crippen LogP contribution in [0.15, 0.2) is 36.4 Å². The molecule has 0 aliphatic heterocycles. The maximum Gasteiger partial charge on any atom is 0.356 e. The highest BCUT2D eigenvalue weighted by atomic mass is 16.5. The van der Waals surface area contributed by atoms with E-state index in [-0.39, 0.29) is 17.0 Å². The molecule has 5 rings (SSSR count). The molecule has 2 aliphatic rings. The van der Waals surface area contributed by atoms with E-state index < -0.39 is 5.97 Å². The summed E-state index contributed by atoms with van der Waals surface area (Å²) in [5.74, 6) is 0.938. The van der Waals surface area contributed by atoms with Gasteiger partial charge in [0.2, 0.25) is 5.88 Å². The van der Waals surface area contributed by atoms with E-state index >= 15 is 0 Å². The van der Waals surface area contributed by atoms with Crippen molar-refractivity contribution in [3.05, 3.63) is 53.6 Å². The average Bonchev–Trinajstić information content (AvgIpc) is 3.53. The Kier molecular flexibility index (Phi) is 5.78. The lowest BCUT2D eigenvalue weighted by molar-refractivity contribution is 0.0594. The number of ether oxygens (including phenoxy) is 1. The lowest BCUT2D eigenvalue weighted by Gasteiger charge is -2.23. The first-order chi connectivity index (χ1) is 16.5. The second-order valence-corrected chi connectivity index (χ2v) is 9.43. The quantitative estimate of drug-likeness (QED) is 0.522. The van der Waals surface area contributed by atoms with Crippen molar-refractivity contribution in [2.24, 2.45) is 11.3 Å². The monoisotopic (exact) mass is 457 g/mol. The summed E-state index contributed by atoms with van der Waals surface area (Å²) < 4.78 is 6.98. The maximum absolute atomic E-state index is 12.1. The molecule has 0 amide bonds. The zero-order chi connectivity index (χ0) is 23.7. The van der Waals surface area contributed by atoms with E-state index in [0.717, 1.165) is 61.1 Å². The lowest BCUT2D eigenvalue weighted by Crippen LogP contribution is -2.18. The van der Waals surface area contributed by atoms with E-state index in [0.29, 0.717) is 24.5 Å². The highest BCUT2D eigenvalue weighted by Crippen LogP contribution is 2.50. The SMILES string of the molecule is COC(=O)c1ccc2nc(CC3CC=C(c4cccc(O)n4)CC3)n(CC3(CC#N)CC3)c2n1. The molecule has 3 heterocycles. The van der Waals surface area contributed by atoms with Gasteiger partial charge in [0, 0.05) is 30.9 Å². The molecule has 2 aliphatic carbocycles. The third kappa shape index (κ3) is 4.38. The van der Waals surface area contributed by atoms with Crippen molar-refractivity contribution in [2.45, 2.75) is 51.5 Å². The Morgan fingerprint density at radius 3 is 2.79 bits per heavy atom. The molecular weight excluding hydrogens is 430 g/mol. The van der Waals surface area contributed by atoms with Crippen LogP contribution < -0.4 is 0 Å². The summed E-state index contributed by atoms with van der Waals surface area (Å²) in [6.07, 6.45) is 8.35. The van der Waals surface area contributed by atoms with E-state index in [2.05, 4.69) is 26.7 Å². The molecule has 34 heavy (non-hydrogen) atoms. The Bertz CT molecular complexity index is 1320. The summed E-state index contributed by atoms with van der Waals surface area (Å²) >= 11 is 0. The number of fused-ring (bicyclic) bond motifs is 1. The van der Waals surface area contributed by atoms with Crippen LogP contribution in [0.25, 0.3) is 16.7 Å². The van der Waals surface area contributed by atoms with Crippen LogP contribution in [0, 0.1) is 22.7 Å². The second kappa shape index (κ2) is 8.90. The predicted octanol–water partition coefficient (Wildman–Crippen LogP) is 4.44. The second-order valence-electron chi connectivity index (χ2n) is 9.43. The van der Waals surface area contributed by atoms with Gasteiger partial charge in [0.1, 0.15) is 11.3 Å². The molecular formula is C26H27N5O3. The van der Waals surface area contributed by atoms with Crippen LogP contribution in [0.4, 0.5) is 0 Å². The van der Waals surface area contributed by atoms with Crippen molar-refractivity contribution < 1.29 is 14.6 Å². The number of aromatic nitrogens is 4. The largest absolute Gasteiger partial charge is 0.493 e. The van der Waals surface area contributed by atoms with Gasteiger partial charge in [0.05, 0.1) is 18.9 Å². The first kappa shape index (κ1) is 22.1. The Morgan fingerprint density at radius 2 is 2.12 bits per heavy atom. The fraction of sp³-hybridized carbons (Fsp3) is 0.423. The molecule has 0 saturated heterocycles. The van der Waals surface area contributed by atoms with E-state index in [1.165, 1.54) is 7.11 Å². The number of pyridine rings is 2. The lowest BCUT2D eigenvalue weighted by atomic mass is 9.86. The Labute approximate surface area is 197 Å². The Morgan fingerprint density at radius 1 is 1.26 bits per heavy atom. The third-order valence-corrected chi connectivity index (χ3v) is 7.02. The van der Waals surface area contributed by atoms with Crippen LogP contribution in [0.2, 0.25) is 0 Å². The molecule has 0 aromatic carbocycles. The Hall–Kier alpha value is -3.73. The molecule has 8 heteroatoms. The van der Waals surface area contributed by atoms with Crippen molar-refractivity contribution in [3.63, 3.8) is 0 Å². The average molecular weight is 458 g/mol. The van der Waals surface area contributed by atoms with E-state index in [9.17, 15) is 15.2 Å². The van der Waals surface area contributed by atoms with Crippen LogP contribution >= 0.6 is 0 Å². The number of nitrogens with zero attached hydrogens (tertiary/aromatic N) is 5. The van der Waals surface area contributed by atoms with Crippen LogP contribution in [0.3, 0.4) is 0 Å². The van der Waals surface area contributed by atoms with Gasteiger partial charge in [-0.3, -0.25) is 0 Å². The summed E-state index contributed by atoms with van der Waals surface area (Å²) in [6.45, 7) is 0.686. The molecule has 3 aromatic heterocycles. The number of hydrogen-bond donors (Lipinski definition) is 1. The van der Waals surface area contributed by atoms with Gasteiger partial charge in [-0.15, -0.1) is 0 Å². The van der Waals surface area contributed by atoms with Gasteiger partial charge < -0.3 is 14.4 Å². The summed E-state index contributed by atoms with van der Waals surface area (Å²) in [4.78, 5) is 25.8. The highest BCUT2D eigenvalue weighted by Gasteiger charge is 2.43. The number of nitriles is 1. The molecule has 3 aromatic rings. The number of rotatable bonds is 7.